The fourth-order valence-electron chi connectivity index (χ4n) is 1.47. The van der Waals surface area contributed by atoms with Crippen molar-refractivity contribution in [1.29, 1.82) is 0 Å². The van der Waals surface area contributed by atoms with Gasteiger partial charge >= 0.3 is 0 Å². The minimum Gasteiger partial charge on any atom is -0.396 e. The van der Waals surface area contributed by atoms with Crippen molar-refractivity contribution in [2.45, 2.75) is 6.42 Å². The summed E-state index contributed by atoms with van der Waals surface area (Å²) < 4.78 is 2.52. The van der Waals surface area contributed by atoms with Crippen LogP contribution in [-0.2, 0) is 6.42 Å². The van der Waals surface area contributed by atoms with Crippen molar-refractivity contribution < 1.29 is 5.11 Å². The van der Waals surface area contributed by atoms with E-state index in [4.69, 9.17) is 28.3 Å². The molecule has 1 aromatic carbocycles. The summed E-state index contributed by atoms with van der Waals surface area (Å²) >= 11 is 15.3. The van der Waals surface area contributed by atoms with Crippen molar-refractivity contribution >= 4 is 39.1 Å². The summed E-state index contributed by atoms with van der Waals surface area (Å²) in [5, 5.41) is 14.4. The highest BCUT2D eigenvalue weighted by atomic mass is 79.9. The van der Waals surface area contributed by atoms with Crippen LogP contribution in [0.25, 0.3) is 5.69 Å². The first-order chi connectivity index (χ1) is 8.10. The zero-order valence-electron chi connectivity index (χ0n) is 8.70. The minimum absolute atomic E-state index is 0.0614. The first kappa shape index (κ1) is 12.9. The molecule has 1 aromatic heterocycles. The van der Waals surface area contributed by atoms with Crippen LogP contribution in [0.1, 0.15) is 5.69 Å². The quantitative estimate of drug-likeness (QED) is 0.932. The van der Waals surface area contributed by atoms with Crippen LogP contribution in [0, 0.1) is 0 Å². The van der Waals surface area contributed by atoms with Crippen molar-refractivity contribution in [3.8, 4) is 5.69 Å². The lowest BCUT2D eigenvalue weighted by Crippen LogP contribution is -1.98. The largest absolute Gasteiger partial charge is 0.396 e. The van der Waals surface area contributed by atoms with E-state index in [0.717, 1.165) is 15.9 Å². The smallest absolute Gasteiger partial charge is 0.0793 e. The molecule has 0 amide bonds. The standard InChI is InChI=1S/C11H9BrCl2N2O/c12-10-6-16(15-11(10)1-2-17)9-4-7(13)3-8(14)5-9/h3-6,17H,1-2H2. The molecule has 17 heavy (non-hydrogen) atoms. The van der Waals surface area contributed by atoms with Crippen LogP contribution in [0.4, 0.5) is 0 Å². The third-order valence-corrected chi connectivity index (χ3v) is 3.30. The SMILES string of the molecule is OCCc1nn(-c2cc(Cl)cc(Cl)c2)cc1Br. The molecule has 0 aliphatic rings. The van der Waals surface area contributed by atoms with Gasteiger partial charge in [-0.15, -0.1) is 0 Å². The van der Waals surface area contributed by atoms with Gasteiger partial charge in [-0.25, -0.2) is 4.68 Å². The molecule has 0 atom stereocenters. The van der Waals surface area contributed by atoms with Gasteiger partial charge in [0.15, 0.2) is 0 Å². The summed E-state index contributed by atoms with van der Waals surface area (Å²) in [7, 11) is 0. The molecule has 0 aliphatic heterocycles. The Hall–Kier alpha value is -0.550. The van der Waals surface area contributed by atoms with Crippen molar-refractivity contribution in [1.82, 2.24) is 9.78 Å². The monoisotopic (exact) mass is 334 g/mol. The van der Waals surface area contributed by atoms with Crippen LogP contribution < -0.4 is 0 Å². The minimum atomic E-state index is 0.0614. The van der Waals surface area contributed by atoms with E-state index >= 15 is 0 Å². The molecule has 0 bridgehead atoms. The molecule has 6 heteroatoms. The number of aliphatic hydroxyl groups is 1. The Balaban J connectivity index is 2.42. The second-order valence-corrected chi connectivity index (χ2v) is 5.20. The Morgan fingerprint density at radius 1 is 1.24 bits per heavy atom. The Bertz CT molecular complexity index is 522. The number of nitrogens with zero attached hydrogens (tertiary/aromatic N) is 2. The third-order valence-electron chi connectivity index (χ3n) is 2.20. The molecule has 1 heterocycles. The lowest BCUT2D eigenvalue weighted by atomic mass is 10.3. The molecule has 0 fully saturated rings. The normalized spacial score (nSPS) is 10.8. The lowest BCUT2D eigenvalue weighted by Gasteiger charge is -2.02. The van der Waals surface area contributed by atoms with E-state index in [1.165, 1.54) is 0 Å². The van der Waals surface area contributed by atoms with Gasteiger partial charge in [0.1, 0.15) is 0 Å². The molecule has 0 unspecified atom stereocenters. The van der Waals surface area contributed by atoms with E-state index in [0.29, 0.717) is 16.5 Å². The van der Waals surface area contributed by atoms with Crippen molar-refractivity contribution in [3.05, 3.63) is 44.6 Å². The summed E-state index contributed by atoms with van der Waals surface area (Å²) in [6.45, 7) is 0.0614. The third kappa shape index (κ3) is 3.01. The zero-order chi connectivity index (χ0) is 12.4. The van der Waals surface area contributed by atoms with Crippen LogP contribution in [0.15, 0.2) is 28.9 Å². The maximum absolute atomic E-state index is 8.90. The molecule has 90 valence electrons. The fourth-order valence-corrected chi connectivity index (χ4v) is 2.45. The van der Waals surface area contributed by atoms with Crippen molar-refractivity contribution in [3.63, 3.8) is 0 Å². The summed E-state index contributed by atoms with van der Waals surface area (Å²) in [4.78, 5) is 0. The predicted octanol–water partition coefficient (Wildman–Crippen LogP) is 3.48. The fraction of sp³-hybridized carbons (Fsp3) is 0.182. The molecule has 1 N–H and O–H groups in total. The van der Waals surface area contributed by atoms with Crippen molar-refractivity contribution in [2.75, 3.05) is 6.61 Å². The molecule has 0 radical (unpaired) electrons. The van der Waals surface area contributed by atoms with Gasteiger partial charge in [-0.05, 0) is 34.1 Å². The average molecular weight is 336 g/mol. The van der Waals surface area contributed by atoms with E-state index in [-0.39, 0.29) is 6.61 Å². The van der Waals surface area contributed by atoms with E-state index in [1.54, 1.807) is 22.9 Å². The predicted molar refractivity (Wildman–Crippen MR) is 72.1 cm³/mol. The van der Waals surface area contributed by atoms with Gasteiger partial charge in [0.2, 0.25) is 0 Å². The van der Waals surface area contributed by atoms with Gasteiger partial charge in [-0.1, -0.05) is 23.2 Å². The number of hydrogen-bond donors (Lipinski definition) is 1. The van der Waals surface area contributed by atoms with Gasteiger partial charge in [0.25, 0.3) is 0 Å². The van der Waals surface area contributed by atoms with Crippen molar-refractivity contribution in [2.24, 2.45) is 0 Å². The number of aromatic nitrogens is 2. The molecule has 0 saturated heterocycles. The Morgan fingerprint density at radius 2 is 1.88 bits per heavy atom. The summed E-state index contributed by atoms with van der Waals surface area (Å²) in [5.74, 6) is 0. The maximum atomic E-state index is 8.90. The second-order valence-electron chi connectivity index (χ2n) is 3.47. The van der Waals surface area contributed by atoms with Crippen LogP contribution in [0.5, 0.6) is 0 Å². The van der Waals surface area contributed by atoms with E-state index < -0.39 is 0 Å². The van der Waals surface area contributed by atoms with Gasteiger partial charge in [-0.3, -0.25) is 0 Å². The number of halogens is 3. The number of aliphatic hydroxyl groups excluding tert-OH is 1. The van der Waals surface area contributed by atoms with Gasteiger partial charge in [0, 0.05) is 29.3 Å². The summed E-state index contributed by atoms with van der Waals surface area (Å²) in [6, 6.07) is 5.21. The average Bonchev–Trinajstić information content (AvgIpc) is 2.60. The number of benzene rings is 1. The summed E-state index contributed by atoms with van der Waals surface area (Å²) in [6.07, 6.45) is 2.31. The molecule has 2 aromatic rings. The number of hydrogen-bond acceptors (Lipinski definition) is 2. The first-order valence-electron chi connectivity index (χ1n) is 4.91. The van der Waals surface area contributed by atoms with Gasteiger partial charge < -0.3 is 5.11 Å². The van der Waals surface area contributed by atoms with E-state index in [1.807, 2.05) is 6.20 Å². The second kappa shape index (κ2) is 5.40. The Morgan fingerprint density at radius 3 is 2.47 bits per heavy atom. The highest BCUT2D eigenvalue weighted by Crippen LogP contribution is 2.24. The number of rotatable bonds is 3. The van der Waals surface area contributed by atoms with Crippen LogP contribution in [0.2, 0.25) is 10.0 Å². The highest BCUT2D eigenvalue weighted by molar-refractivity contribution is 9.10. The van der Waals surface area contributed by atoms with Crippen LogP contribution in [-0.4, -0.2) is 21.5 Å². The van der Waals surface area contributed by atoms with E-state index in [2.05, 4.69) is 21.0 Å². The molecule has 0 saturated carbocycles. The summed E-state index contributed by atoms with van der Waals surface area (Å²) in [5.41, 5.74) is 1.58. The van der Waals surface area contributed by atoms with E-state index in [9.17, 15) is 0 Å². The molecular weight excluding hydrogens is 327 g/mol. The van der Waals surface area contributed by atoms with Crippen LogP contribution in [0.3, 0.4) is 0 Å². The Labute approximate surface area is 117 Å². The van der Waals surface area contributed by atoms with Gasteiger partial charge in [0.05, 0.1) is 15.9 Å². The zero-order valence-corrected chi connectivity index (χ0v) is 11.8. The Kier molecular flexibility index (Phi) is 4.09. The van der Waals surface area contributed by atoms with Gasteiger partial charge in [-0.2, -0.15) is 5.10 Å². The molecule has 0 aliphatic carbocycles. The maximum Gasteiger partial charge on any atom is 0.0793 e. The molecule has 3 nitrogen and oxygen atoms in total. The molecular formula is C11H9BrCl2N2O. The highest BCUT2D eigenvalue weighted by Gasteiger charge is 2.08. The lowest BCUT2D eigenvalue weighted by molar-refractivity contribution is 0.298. The molecule has 2 rings (SSSR count). The molecule has 0 spiro atoms. The van der Waals surface area contributed by atoms with Crippen LogP contribution >= 0.6 is 39.1 Å². The first-order valence-corrected chi connectivity index (χ1v) is 6.46. The topological polar surface area (TPSA) is 38.1 Å².